The van der Waals surface area contributed by atoms with Gasteiger partial charge < -0.3 is 14.7 Å². The number of ether oxygens (including phenoxy) is 1. The third-order valence-electron chi connectivity index (χ3n) is 3.47. The molecule has 0 aliphatic rings. The molecular weight excluding hydrogens is 315 g/mol. The van der Waals surface area contributed by atoms with Gasteiger partial charge in [-0.1, -0.05) is 13.0 Å². The van der Waals surface area contributed by atoms with Crippen LogP contribution in [0.2, 0.25) is 0 Å². The zero-order valence-electron chi connectivity index (χ0n) is 14.2. The van der Waals surface area contributed by atoms with Crippen LogP contribution in [-0.4, -0.2) is 60.2 Å². The second-order valence-electron chi connectivity index (χ2n) is 5.24. The van der Waals surface area contributed by atoms with Gasteiger partial charge in [-0.25, -0.2) is 9.18 Å². The number of amides is 2. The third kappa shape index (κ3) is 4.79. The molecule has 0 aliphatic heterocycles. The second-order valence-corrected chi connectivity index (χ2v) is 5.24. The number of carbonyl (C=O) groups is 2. The van der Waals surface area contributed by atoms with Crippen molar-refractivity contribution in [1.29, 1.82) is 0 Å². The topological polar surface area (TPSA) is 70.1 Å². The summed E-state index contributed by atoms with van der Waals surface area (Å²) >= 11 is 0. The summed E-state index contributed by atoms with van der Waals surface area (Å²) < 4.78 is 18.4. The smallest absolute Gasteiger partial charge is 0.322 e. The van der Waals surface area contributed by atoms with Gasteiger partial charge in [0.05, 0.1) is 19.2 Å². The minimum absolute atomic E-state index is 0.0588. The van der Waals surface area contributed by atoms with Gasteiger partial charge in [-0.15, -0.1) is 6.58 Å². The van der Waals surface area contributed by atoms with E-state index in [1.807, 2.05) is 0 Å². The molecule has 0 bridgehead atoms. The molecule has 0 saturated carbocycles. The molecule has 0 aromatic heterocycles. The number of benzene rings is 1. The summed E-state index contributed by atoms with van der Waals surface area (Å²) in [5.74, 6) is -0.798. The van der Waals surface area contributed by atoms with E-state index in [4.69, 9.17) is 4.74 Å². The number of aliphatic hydroxyl groups is 1. The van der Waals surface area contributed by atoms with Crippen molar-refractivity contribution >= 4 is 11.8 Å². The molecule has 1 aromatic carbocycles. The molecule has 1 N–H and O–H groups in total. The number of ketones is 1. The van der Waals surface area contributed by atoms with Crippen molar-refractivity contribution in [3.63, 3.8) is 0 Å². The molecule has 2 amide bonds. The van der Waals surface area contributed by atoms with Crippen molar-refractivity contribution in [2.45, 2.75) is 19.6 Å². The minimum Gasteiger partial charge on any atom is -0.496 e. The van der Waals surface area contributed by atoms with Gasteiger partial charge in [0.2, 0.25) is 0 Å². The van der Waals surface area contributed by atoms with E-state index in [1.54, 1.807) is 6.92 Å². The predicted octanol–water partition coefficient (Wildman–Crippen LogP) is 2.29. The van der Waals surface area contributed by atoms with Crippen LogP contribution in [0.25, 0.3) is 0 Å². The molecule has 0 spiro atoms. The maximum Gasteiger partial charge on any atom is 0.322 e. The summed E-state index contributed by atoms with van der Waals surface area (Å²) in [6.07, 6.45) is 0.859. The molecule has 0 heterocycles. The van der Waals surface area contributed by atoms with Gasteiger partial charge >= 0.3 is 6.03 Å². The van der Waals surface area contributed by atoms with Crippen LogP contribution in [0, 0.1) is 5.82 Å². The molecule has 24 heavy (non-hydrogen) atoms. The lowest BCUT2D eigenvalue weighted by Gasteiger charge is -2.30. The third-order valence-corrected chi connectivity index (χ3v) is 3.47. The van der Waals surface area contributed by atoms with Crippen molar-refractivity contribution in [3.8, 4) is 5.75 Å². The Labute approximate surface area is 141 Å². The van der Waals surface area contributed by atoms with E-state index >= 15 is 0 Å². The molecule has 6 nitrogen and oxygen atoms in total. The molecule has 132 valence electrons. The number of methoxy groups -OCH3 is 1. The summed E-state index contributed by atoms with van der Waals surface area (Å²) in [4.78, 5) is 27.1. The highest BCUT2D eigenvalue weighted by Gasteiger charge is 2.25. The first-order valence-electron chi connectivity index (χ1n) is 7.53. The first kappa shape index (κ1) is 19.6. The van der Waals surface area contributed by atoms with Gasteiger partial charge in [0.25, 0.3) is 0 Å². The van der Waals surface area contributed by atoms with E-state index in [1.165, 1.54) is 37.3 Å². The standard InChI is InChI=1S/C17H23FN2O4/c1-5-9-20(16(22)6-2)17(23)19(3)11-14(21)13-10-12(18)7-8-15(13)24-4/h5,7-8,10,16,22H,1,6,9,11H2,2-4H3. The van der Waals surface area contributed by atoms with E-state index in [0.29, 0.717) is 6.42 Å². The van der Waals surface area contributed by atoms with Gasteiger partial charge in [-0.2, -0.15) is 0 Å². The fraction of sp³-hybridized carbons (Fsp3) is 0.412. The lowest BCUT2D eigenvalue weighted by molar-refractivity contribution is 0.0243. The van der Waals surface area contributed by atoms with Crippen molar-refractivity contribution in [2.24, 2.45) is 0 Å². The van der Waals surface area contributed by atoms with Gasteiger partial charge in [0.15, 0.2) is 5.78 Å². The van der Waals surface area contributed by atoms with Gasteiger partial charge in [0, 0.05) is 13.6 Å². The molecule has 0 fully saturated rings. The van der Waals surface area contributed by atoms with Crippen LogP contribution >= 0.6 is 0 Å². The zero-order valence-corrected chi connectivity index (χ0v) is 14.2. The number of carbonyl (C=O) groups excluding carboxylic acids is 2. The van der Waals surface area contributed by atoms with Crippen molar-refractivity contribution in [2.75, 3.05) is 27.2 Å². The van der Waals surface area contributed by atoms with Gasteiger partial charge in [-0.05, 0) is 24.6 Å². The van der Waals surface area contributed by atoms with E-state index in [2.05, 4.69) is 6.58 Å². The molecule has 0 aliphatic carbocycles. The van der Waals surface area contributed by atoms with Crippen LogP contribution in [-0.2, 0) is 0 Å². The van der Waals surface area contributed by atoms with Crippen molar-refractivity contribution < 1.29 is 23.8 Å². The number of nitrogens with zero attached hydrogens (tertiary/aromatic N) is 2. The number of halogens is 1. The quantitative estimate of drug-likeness (QED) is 0.448. The van der Waals surface area contributed by atoms with Gasteiger partial charge in [-0.3, -0.25) is 9.69 Å². The molecule has 1 rings (SSSR count). The molecular formula is C17H23FN2O4. The Morgan fingerprint density at radius 1 is 1.46 bits per heavy atom. The second kappa shape index (κ2) is 9.02. The maximum atomic E-state index is 13.4. The molecule has 0 radical (unpaired) electrons. The highest BCUT2D eigenvalue weighted by Crippen LogP contribution is 2.20. The summed E-state index contributed by atoms with van der Waals surface area (Å²) in [5.41, 5.74) is 0.0588. The zero-order chi connectivity index (χ0) is 18.3. The summed E-state index contributed by atoms with van der Waals surface area (Å²) in [5, 5.41) is 9.91. The monoisotopic (exact) mass is 338 g/mol. The molecule has 1 atom stereocenters. The van der Waals surface area contributed by atoms with Crippen molar-refractivity contribution in [1.82, 2.24) is 9.80 Å². The van der Waals surface area contributed by atoms with E-state index in [0.717, 1.165) is 11.0 Å². The lowest BCUT2D eigenvalue weighted by atomic mass is 10.1. The van der Waals surface area contributed by atoms with Crippen LogP contribution in [0.15, 0.2) is 30.9 Å². The first-order valence-corrected chi connectivity index (χ1v) is 7.53. The predicted molar refractivity (Wildman–Crippen MR) is 88.5 cm³/mol. The number of aliphatic hydroxyl groups excluding tert-OH is 1. The van der Waals surface area contributed by atoms with E-state index < -0.39 is 23.9 Å². The Bertz CT molecular complexity index is 606. The SMILES string of the molecule is C=CCN(C(=O)N(C)CC(=O)c1cc(F)ccc1OC)C(O)CC. The Balaban J connectivity index is 2.91. The Hall–Kier alpha value is -2.41. The number of Topliss-reactive ketones (excluding diaryl/α,β-unsaturated/α-hetero) is 1. The minimum atomic E-state index is -0.975. The Kier molecular flexibility index (Phi) is 7.38. The van der Waals surface area contributed by atoms with Crippen LogP contribution in [0.4, 0.5) is 9.18 Å². The number of hydrogen-bond acceptors (Lipinski definition) is 4. The molecule has 0 saturated heterocycles. The van der Waals surface area contributed by atoms with Crippen molar-refractivity contribution in [3.05, 3.63) is 42.2 Å². The molecule has 1 aromatic rings. The summed E-state index contributed by atoms with van der Waals surface area (Å²) in [6, 6.07) is 3.10. The Morgan fingerprint density at radius 2 is 2.12 bits per heavy atom. The van der Waals surface area contributed by atoms with E-state index in [-0.39, 0.29) is 24.4 Å². The van der Waals surface area contributed by atoms with Gasteiger partial charge in [0.1, 0.15) is 17.8 Å². The number of urea groups is 1. The number of likely N-dealkylation sites (N-methyl/N-ethyl adjacent to an activating group) is 1. The van der Waals surface area contributed by atoms with Crippen LogP contribution in [0.3, 0.4) is 0 Å². The first-order chi connectivity index (χ1) is 11.3. The summed E-state index contributed by atoms with van der Waals surface area (Å²) in [6.45, 7) is 5.16. The van der Waals surface area contributed by atoms with Crippen LogP contribution in [0.5, 0.6) is 5.75 Å². The lowest BCUT2D eigenvalue weighted by Crippen LogP contribution is -2.48. The van der Waals surface area contributed by atoms with Crippen LogP contribution in [0.1, 0.15) is 23.7 Å². The average molecular weight is 338 g/mol. The fourth-order valence-electron chi connectivity index (χ4n) is 2.17. The van der Waals surface area contributed by atoms with Crippen LogP contribution < -0.4 is 4.74 Å². The number of rotatable bonds is 8. The maximum absolute atomic E-state index is 13.4. The molecule has 1 unspecified atom stereocenters. The fourth-order valence-corrected chi connectivity index (χ4v) is 2.17. The summed E-state index contributed by atoms with van der Waals surface area (Å²) in [7, 11) is 2.81. The normalized spacial score (nSPS) is 11.5. The number of hydrogen-bond donors (Lipinski definition) is 1. The molecule has 7 heteroatoms. The Morgan fingerprint density at radius 3 is 2.67 bits per heavy atom. The van der Waals surface area contributed by atoms with E-state index in [9.17, 15) is 19.1 Å². The highest BCUT2D eigenvalue weighted by molar-refractivity contribution is 6.01. The highest BCUT2D eigenvalue weighted by atomic mass is 19.1. The largest absolute Gasteiger partial charge is 0.496 e. The average Bonchev–Trinajstić information content (AvgIpc) is 2.58.